The number of carbonyl (C=O) groups excluding carboxylic acids is 2. The highest BCUT2D eigenvalue weighted by molar-refractivity contribution is 5.96. The Bertz CT molecular complexity index is 1130. The Hall–Kier alpha value is -3.14. The van der Waals surface area contributed by atoms with E-state index < -0.39 is 40.8 Å². The topological polar surface area (TPSA) is 94.0 Å². The molecule has 2 aliphatic heterocycles. The number of piperidine rings is 2. The highest BCUT2D eigenvalue weighted by Gasteiger charge is 2.44. The van der Waals surface area contributed by atoms with Crippen molar-refractivity contribution >= 4 is 11.8 Å². The van der Waals surface area contributed by atoms with Crippen LogP contribution in [0.3, 0.4) is 0 Å². The molecule has 200 valence electrons. The first kappa shape index (κ1) is 26.9. The lowest BCUT2D eigenvalue weighted by atomic mass is 9.81. The van der Waals surface area contributed by atoms with Gasteiger partial charge in [-0.2, -0.15) is 13.2 Å². The lowest BCUT2D eigenvalue weighted by Gasteiger charge is -2.45. The minimum Gasteiger partial charge on any atom is -0.508 e. The standard InChI is InChI=1S/C27H32F3N3O4/c1-2-6-22-18(7-5-14-33(22)25(36)19-17-31-13-10-20(19)27(28,29)30)24(35)32-15-11-26(37,12-16-32)21-8-3-4-9-23(21)34/h3-4,8-10,13,17-18,22,34,37H,2,5-7,11-12,14-16H2,1H3. The molecule has 3 heterocycles. The number of amides is 2. The van der Waals surface area contributed by atoms with Crippen molar-refractivity contribution in [2.75, 3.05) is 19.6 Å². The number of alkyl halides is 3. The number of rotatable bonds is 5. The molecule has 0 aliphatic carbocycles. The molecule has 2 amide bonds. The molecule has 2 atom stereocenters. The molecule has 0 radical (unpaired) electrons. The summed E-state index contributed by atoms with van der Waals surface area (Å²) in [4.78, 5) is 33.9. The van der Waals surface area contributed by atoms with Crippen LogP contribution >= 0.6 is 0 Å². The highest BCUT2D eigenvalue weighted by Crippen LogP contribution is 2.39. The summed E-state index contributed by atoms with van der Waals surface area (Å²) in [6, 6.07) is 6.86. The Morgan fingerprint density at radius 3 is 2.49 bits per heavy atom. The van der Waals surface area contributed by atoms with Gasteiger partial charge in [-0.1, -0.05) is 31.5 Å². The van der Waals surface area contributed by atoms with Gasteiger partial charge in [0.1, 0.15) is 5.75 Å². The van der Waals surface area contributed by atoms with E-state index in [1.165, 1.54) is 11.0 Å². The maximum atomic E-state index is 13.6. The Balaban J connectivity index is 1.53. The SMILES string of the molecule is CCCC1C(C(=O)N2CCC(O)(c3ccccc3O)CC2)CCCN1C(=O)c1cnccc1C(F)(F)F. The molecular weight excluding hydrogens is 487 g/mol. The summed E-state index contributed by atoms with van der Waals surface area (Å²) < 4.78 is 40.8. The molecule has 1 aromatic heterocycles. The van der Waals surface area contributed by atoms with E-state index >= 15 is 0 Å². The molecule has 2 aliphatic rings. The summed E-state index contributed by atoms with van der Waals surface area (Å²) in [5.41, 5.74) is -2.36. The largest absolute Gasteiger partial charge is 0.508 e. The van der Waals surface area contributed by atoms with Gasteiger partial charge in [0.2, 0.25) is 5.91 Å². The van der Waals surface area contributed by atoms with Crippen LogP contribution in [-0.2, 0) is 16.6 Å². The predicted molar refractivity (Wildman–Crippen MR) is 130 cm³/mol. The third kappa shape index (κ3) is 5.44. The van der Waals surface area contributed by atoms with E-state index in [2.05, 4.69) is 4.98 Å². The number of aromatic hydroxyl groups is 1. The number of likely N-dealkylation sites (tertiary alicyclic amines) is 2. The second-order valence-corrected chi connectivity index (χ2v) is 9.90. The number of para-hydroxylation sites is 1. The van der Waals surface area contributed by atoms with Crippen molar-refractivity contribution in [3.05, 3.63) is 59.4 Å². The first-order chi connectivity index (χ1) is 17.6. The van der Waals surface area contributed by atoms with Gasteiger partial charge in [-0.25, -0.2) is 0 Å². The fraction of sp³-hybridized carbons (Fsp3) is 0.519. The van der Waals surface area contributed by atoms with Crippen molar-refractivity contribution in [3.8, 4) is 5.75 Å². The number of halogens is 3. The molecular formula is C27H32F3N3O4. The van der Waals surface area contributed by atoms with Crippen LogP contribution in [0.25, 0.3) is 0 Å². The summed E-state index contributed by atoms with van der Waals surface area (Å²) in [7, 11) is 0. The zero-order chi connectivity index (χ0) is 26.8. The van der Waals surface area contributed by atoms with Gasteiger partial charge in [0.25, 0.3) is 5.91 Å². The molecule has 0 bridgehead atoms. The highest BCUT2D eigenvalue weighted by atomic mass is 19.4. The maximum Gasteiger partial charge on any atom is 0.417 e. The summed E-state index contributed by atoms with van der Waals surface area (Å²) in [6.45, 7) is 2.73. The number of pyridine rings is 1. The zero-order valence-corrected chi connectivity index (χ0v) is 20.7. The first-order valence-electron chi connectivity index (χ1n) is 12.7. The fourth-order valence-electron chi connectivity index (χ4n) is 5.68. The van der Waals surface area contributed by atoms with Crippen molar-refractivity contribution < 1.29 is 33.0 Å². The molecule has 37 heavy (non-hydrogen) atoms. The van der Waals surface area contributed by atoms with Crippen LogP contribution < -0.4 is 0 Å². The van der Waals surface area contributed by atoms with Crippen LogP contribution in [0.5, 0.6) is 5.75 Å². The number of aliphatic hydroxyl groups is 1. The van der Waals surface area contributed by atoms with E-state index in [9.17, 15) is 33.0 Å². The average molecular weight is 520 g/mol. The molecule has 2 aromatic rings. The molecule has 4 rings (SSSR count). The fourth-order valence-corrected chi connectivity index (χ4v) is 5.68. The Labute approximate surface area is 213 Å². The van der Waals surface area contributed by atoms with Crippen LogP contribution in [0.1, 0.15) is 66.9 Å². The van der Waals surface area contributed by atoms with E-state index in [1.54, 1.807) is 23.1 Å². The van der Waals surface area contributed by atoms with Crippen molar-refractivity contribution in [2.24, 2.45) is 5.92 Å². The maximum absolute atomic E-state index is 13.6. The van der Waals surface area contributed by atoms with Gasteiger partial charge in [0.05, 0.1) is 22.6 Å². The number of nitrogens with zero attached hydrogens (tertiary/aromatic N) is 3. The van der Waals surface area contributed by atoms with E-state index in [0.29, 0.717) is 31.2 Å². The number of phenolic OH excluding ortho intramolecular Hbond substituents is 1. The molecule has 10 heteroatoms. The van der Waals surface area contributed by atoms with Crippen LogP contribution in [0.2, 0.25) is 0 Å². The molecule has 2 unspecified atom stereocenters. The van der Waals surface area contributed by atoms with Crippen LogP contribution in [0, 0.1) is 5.92 Å². The summed E-state index contributed by atoms with van der Waals surface area (Å²) in [6.07, 6.45) is -0.0703. The quantitative estimate of drug-likeness (QED) is 0.613. The Kier molecular flexibility index (Phi) is 7.77. The number of phenols is 1. The summed E-state index contributed by atoms with van der Waals surface area (Å²) in [5.74, 6) is -1.45. The monoisotopic (exact) mass is 519 g/mol. The summed E-state index contributed by atoms with van der Waals surface area (Å²) in [5, 5.41) is 21.3. The minimum absolute atomic E-state index is 0.00264. The van der Waals surface area contributed by atoms with Crippen molar-refractivity contribution in [2.45, 2.75) is 63.3 Å². The minimum atomic E-state index is -4.70. The van der Waals surface area contributed by atoms with E-state index in [0.717, 1.165) is 18.5 Å². The third-order valence-electron chi connectivity index (χ3n) is 7.61. The van der Waals surface area contributed by atoms with Crippen molar-refractivity contribution in [3.63, 3.8) is 0 Å². The predicted octanol–water partition coefficient (Wildman–Crippen LogP) is 4.34. The van der Waals surface area contributed by atoms with Gasteiger partial charge >= 0.3 is 6.18 Å². The molecule has 1 aromatic carbocycles. The van der Waals surface area contributed by atoms with Crippen LogP contribution in [0.15, 0.2) is 42.7 Å². The van der Waals surface area contributed by atoms with Crippen LogP contribution in [0.4, 0.5) is 13.2 Å². The van der Waals surface area contributed by atoms with Gasteiger partial charge in [-0.05, 0) is 44.2 Å². The number of carbonyl (C=O) groups is 2. The third-order valence-corrected chi connectivity index (χ3v) is 7.61. The smallest absolute Gasteiger partial charge is 0.417 e. The average Bonchev–Trinajstić information content (AvgIpc) is 2.88. The van der Waals surface area contributed by atoms with Gasteiger partial charge in [0.15, 0.2) is 0 Å². The van der Waals surface area contributed by atoms with Gasteiger partial charge in [-0.3, -0.25) is 14.6 Å². The molecule has 0 spiro atoms. The van der Waals surface area contributed by atoms with E-state index in [-0.39, 0.29) is 44.1 Å². The Morgan fingerprint density at radius 2 is 1.84 bits per heavy atom. The lowest BCUT2D eigenvalue weighted by molar-refractivity contribution is -0.144. The van der Waals surface area contributed by atoms with Gasteiger partial charge in [0, 0.05) is 43.6 Å². The zero-order valence-electron chi connectivity index (χ0n) is 20.7. The second-order valence-electron chi connectivity index (χ2n) is 9.90. The van der Waals surface area contributed by atoms with Crippen molar-refractivity contribution in [1.29, 1.82) is 0 Å². The van der Waals surface area contributed by atoms with E-state index in [1.807, 2.05) is 6.92 Å². The normalized spacial score (nSPS) is 22.1. The van der Waals surface area contributed by atoms with Crippen molar-refractivity contribution in [1.82, 2.24) is 14.8 Å². The summed E-state index contributed by atoms with van der Waals surface area (Å²) >= 11 is 0. The van der Waals surface area contributed by atoms with Gasteiger partial charge < -0.3 is 20.0 Å². The first-order valence-corrected chi connectivity index (χ1v) is 12.7. The number of hydrogen-bond acceptors (Lipinski definition) is 5. The molecule has 2 N–H and O–H groups in total. The molecule has 2 fully saturated rings. The lowest BCUT2D eigenvalue weighted by Crippen LogP contribution is -2.55. The second kappa shape index (κ2) is 10.7. The van der Waals surface area contributed by atoms with Crippen LogP contribution in [-0.4, -0.2) is 62.5 Å². The number of benzene rings is 1. The molecule has 2 saturated heterocycles. The van der Waals surface area contributed by atoms with E-state index in [4.69, 9.17) is 0 Å². The molecule has 0 saturated carbocycles. The number of hydrogen-bond donors (Lipinski definition) is 2. The molecule has 7 nitrogen and oxygen atoms in total. The Morgan fingerprint density at radius 1 is 1.14 bits per heavy atom. The number of aromatic nitrogens is 1. The van der Waals surface area contributed by atoms with Gasteiger partial charge in [-0.15, -0.1) is 0 Å².